The van der Waals surface area contributed by atoms with E-state index >= 15 is 0 Å². The minimum atomic E-state index is -0.641. The maximum absolute atomic E-state index is 13.7. The molecule has 34 heavy (non-hydrogen) atoms. The number of anilines is 2. The summed E-state index contributed by atoms with van der Waals surface area (Å²) in [5.41, 5.74) is 2.17. The van der Waals surface area contributed by atoms with E-state index in [1.165, 1.54) is 44.8 Å². The summed E-state index contributed by atoms with van der Waals surface area (Å²) in [4.78, 5) is 27.2. The van der Waals surface area contributed by atoms with Crippen LogP contribution in [0, 0.1) is 12.5 Å². The standard InChI is InChI=1S/C26H29N5O2S/c1-27-23-22(33-3)16-21(17-28-23)30-24(32)26(11-4-12-26)31(25(30)34)20-7-5-18(6-8-20)15-19-9-13-29(2)14-10-19/h5-8,16-17,19H,4,9-15H2,2-3H3. The van der Waals surface area contributed by atoms with Crippen molar-refractivity contribution in [2.24, 2.45) is 5.92 Å². The fourth-order valence-corrected chi connectivity index (χ4v) is 5.84. The van der Waals surface area contributed by atoms with E-state index in [4.69, 9.17) is 23.5 Å². The highest BCUT2D eigenvalue weighted by molar-refractivity contribution is 7.81. The highest BCUT2D eigenvalue weighted by atomic mass is 32.1. The molecule has 5 rings (SSSR count). The van der Waals surface area contributed by atoms with Gasteiger partial charge in [-0.05, 0) is 101 Å². The van der Waals surface area contributed by atoms with Gasteiger partial charge in [-0.2, -0.15) is 0 Å². The summed E-state index contributed by atoms with van der Waals surface area (Å²) in [5.74, 6) is 1.20. The molecule has 2 aliphatic heterocycles. The van der Waals surface area contributed by atoms with Crippen LogP contribution in [0.15, 0.2) is 36.5 Å². The minimum absolute atomic E-state index is 0.0291. The van der Waals surface area contributed by atoms with Gasteiger partial charge in [-0.15, -0.1) is 4.98 Å². The highest BCUT2D eigenvalue weighted by Crippen LogP contribution is 2.48. The van der Waals surface area contributed by atoms with E-state index in [-0.39, 0.29) is 11.7 Å². The molecule has 1 saturated carbocycles. The Morgan fingerprint density at radius 2 is 1.91 bits per heavy atom. The molecule has 1 spiro atoms. The van der Waals surface area contributed by atoms with E-state index in [9.17, 15) is 4.79 Å². The zero-order valence-electron chi connectivity index (χ0n) is 19.7. The first-order valence-corrected chi connectivity index (χ1v) is 12.3. The Kier molecular flexibility index (Phi) is 6.00. The molecule has 1 aromatic heterocycles. The molecule has 7 nitrogen and oxygen atoms in total. The van der Waals surface area contributed by atoms with Crippen LogP contribution in [-0.2, 0) is 11.2 Å². The predicted molar refractivity (Wildman–Crippen MR) is 137 cm³/mol. The van der Waals surface area contributed by atoms with E-state index < -0.39 is 5.54 Å². The molecule has 176 valence electrons. The Labute approximate surface area is 206 Å². The van der Waals surface area contributed by atoms with Crippen molar-refractivity contribution < 1.29 is 9.53 Å². The maximum atomic E-state index is 13.7. The van der Waals surface area contributed by atoms with Crippen LogP contribution in [0.25, 0.3) is 4.85 Å². The van der Waals surface area contributed by atoms with Crippen LogP contribution >= 0.6 is 12.2 Å². The summed E-state index contributed by atoms with van der Waals surface area (Å²) in [7, 11) is 3.68. The molecule has 0 atom stereocenters. The third kappa shape index (κ3) is 3.73. The average molecular weight is 476 g/mol. The van der Waals surface area contributed by atoms with Crippen LogP contribution in [0.2, 0.25) is 0 Å². The number of ether oxygens (including phenoxy) is 1. The molecule has 8 heteroatoms. The second kappa shape index (κ2) is 8.97. The van der Waals surface area contributed by atoms with E-state index in [2.05, 4.69) is 46.0 Å². The van der Waals surface area contributed by atoms with Gasteiger partial charge in [0.1, 0.15) is 17.5 Å². The number of carbonyl (C=O) groups is 1. The molecule has 3 aliphatic rings. The summed E-state index contributed by atoms with van der Waals surface area (Å²) in [6.45, 7) is 9.60. The minimum Gasteiger partial charge on any atom is -0.506 e. The van der Waals surface area contributed by atoms with Gasteiger partial charge in [0.25, 0.3) is 5.91 Å². The number of amides is 1. The van der Waals surface area contributed by atoms with Crippen molar-refractivity contribution in [1.82, 2.24) is 9.88 Å². The molecule has 1 aromatic carbocycles. The molecule has 3 fully saturated rings. The highest BCUT2D eigenvalue weighted by Gasteiger charge is 2.59. The predicted octanol–water partition coefficient (Wildman–Crippen LogP) is 4.59. The fraction of sp³-hybridized carbons (Fsp3) is 0.462. The molecule has 1 amide bonds. The molecule has 2 saturated heterocycles. The Balaban J connectivity index is 1.41. The van der Waals surface area contributed by atoms with Crippen LogP contribution in [0.3, 0.4) is 0 Å². The summed E-state index contributed by atoms with van der Waals surface area (Å²) in [5, 5.41) is 0.451. The number of aromatic nitrogens is 1. The number of hydrogen-bond acceptors (Lipinski definition) is 5. The number of carbonyl (C=O) groups excluding carboxylic acids is 1. The van der Waals surface area contributed by atoms with Crippen molar-refractivity contribution in [3.05, 3.63) is 53.5 Å². The van der Waals surface area contributed by atoms with Crippen LogP contribution in [0.1, 0.15) is 37.7 Å². The molecule has 0 unspecified atom stereocenters. The van der Waals surface area contributed by atoms with Crippen molar-refractivity contribution in [2.75, 3.05) is 37.0 Å². The van der Waals surface area contributed by atoms with Crippen molar-refractivity contribution in [2.45, 2.75) is 44.1 Å². The number of pyridine rings is 1. The lowest BCUT2D eigenvalue weighted by Gasteiger charge is -2.43. The second-order valence-electron chi connectivity index (χ2n) is 9.59. The van der Waals surface area contributed by atoms with Crippen molar-refractivity contribution in [1.29, 1.82) is 0 Å². The van der Waals surface area contributed by atoms with Crippen molar-refractivity contribution in [3.63, 3.8) is 0 Å². The quantitative estimate of drug-likeness (QED) is 0.466. The van der Waals surface area contributed by atoms with E-state index in [0.717, 1.165) is 37.3 Å². The Morgan fingerprint density at radius 1 is 1.21 bits per heavy atom. The normalized spacial score (nSPS) is 20.5. The summed E-state index contributed by atoms with van der Waals surface area (Å²) in [6, 6.07) is 10.3. The molecule has 1 aliphatic carbocycles. The number of rotatable bonds is 5. The summed E-state index contributed by atoms with van der Waals surface area (Å²) in [6.07, 6.45) is 7.63. The molecule has 2 aromatic rings. The van der Waals surface area contributed by atoms with Crippen molar-refractivity contribution in [3.8, 4) is 5.75 Å². The number of methoxy groups -OCH3 is 1. The van der Waals surface area contributed by atoms with Gasteiger partial charge in [0.2, 0.25) is 0 Å². The fourth-order valence-electron chi connectivity index (χ4n) is 5.37. The lowest BCUT2D eigenvalue weighted by atomic mass is 9.75. The third-order valence-electron chi connectivity index (χ3n) is 7.55. The van der Waals surface area contributed by atoms with Crippen LogP contribution < -0.4 is 14.5 Å². The SMILES string of the molecule is [C-]#[N+]c1ncc(N2C(=O)C3(CCC3)N(c3ccc(CC4CCN(C)CC4)cc3)C2=S)cc1OC. The van der Waals surface area contributed by atoms with Gasteiger partial charge < -0.3 is 19.4 Å². The van der Waals surface area contributed by atoms with Gasteiger partial charge in [0.15, 0.2) is 5.11 Å². The van der Waals surface area contributed by atoms with Gasteiger partial charge in [0, 0.05) is 5.69 Å². The Hall–Kier alpha value is -3.02. The Bertz CT molecular complexity index is 1150. The lowest BCUT2D eigenvalue weighted by molar-refractivity contribution is -0.123. The second-order valence-corrected chi connectivity index (χ2v) is 9.96. The first kappa shape index (κ1) is 22.8. The van der Waals surface area contributed by atoms with Gasteiger partial charge in [0.05, 0.1) is 12.8 Å². The van der Waals surface area contributed by atoms with Gasteiger partial charge in [-0.25, -0.2) is 0 Å². The Morgan fingerprint density at radius 3 is 2.50 bits per heavy atom. The third-order valence-corrected chi connectivity index (χ3v) is 7.92. The lowest BCUT2D eigenvalue weighted by Crippen LogP contribution is -2.55. The average Bonchev–Trinajstić information content (AvgIpc) is 3.07. The number of piperidine rings is 1. The van der Waals surface area contributed by atoms with Crippen LogP contribution in [0.5, 0.6) is 5.75 Å². The number of nitrogens with zero attached hydrogens (tertiary/aromatic N) is 5. The number of thiocarbonyl (C=S) groups is 1. The van der Waals surface area contributed by atoms with Gasteiger partial charge >= 0.3 is 5.82 Å². The van der Waals surface area contributed by atoms with E-state index in [0.29, 0.717) is 16.5 Å². The molecule has 0 bridgehead atoms. The summed E-state index contributed by atoms with van der Waals surface area (Å²) < 4.78 is 5.32. The van der Waals surface area contributed by atoms with Gasteiger partial charge in [-0.3, -0.25) is 9.69 Å². The monoisotopic (exact) mass is 475 g/mol. The number of benzene rings is 1. The summed E-state index contributed by atoms with van der Waals surface area (Å²) >= 11 is 5.86. The number of likely N-dealkylation sites (tertiary alicyclic amines) is 1. The first-order valence-electron chi connectivity index (χ1n) is 11.8. The molecule has 0 radical (unpaired) electrons. The van der Waals surface area contributed by atoms with Gasteiger partial charge in [-0.1, -0.05) is 18.7 Å². The molecular weight excluding hydrogens is 446 g/mol. The van der Waals surface area contributed by atoms with Crippen molar-refractivity contribution >= 4 is 40.4 Å². The zero-order chi connectivity index (χ0) is 23.9. The first-order chi connectivity index (χ1) is 16.5. The maximum Gasteiger partial charge on any atom is 0.312 e. The number of hydrogen-bond donors (Lipinski definition) is 0. The van der Waals surface area contributed by atoms with Crippen LogP contribution in [-0.4, -0.2) is 53.7 Å². The van der Waals surface area contributed by atoms with E-state index in [1.807, 2.05) is 4.90 Å². The molecular formula is C26H29N5O2S. The van der Waals surface area contributed by atoms with E-state index in [1.54, 1.807) is 11.0 Å². The topological polar surface area (TPSA) is 53.3 Å². The molecule has 0 N–H and O–H groups in total. The smallest absolute Gasteiger partial charge is 0.312 e. The zero-order valence-corrected chi connectivity index (χ0v) is 20.5. The van der Waals surface area contributed by atoms with Crippen LogP contribution in [0.4, 0.5) is 17.2 Å². The largest absolute Gasteiger partial charge is 0.506 e. The molecule has 3 heterocycles.